The molecule has 0 aliphatic rings. The molecule has 0 unspecified atom stereocenters. The van der Waals surface area contributed by atoms with Crippen LogP contribution in [-0.2, 0) is 0 Å². The number of para-hydroxylation sites is 1. The van der Waals surface area contributed by atoms with Gasteiger partial charge in [0, 0.05) is 21.1 Å². The van der Waals surface area contributed by atoms with Crippen LogP contribution in [0.15, 0.2) is 88.7 Å². The van der Waals surface area contributed by atoms with Crippen LogP contribution in [0.5, 0.6) is 5.75 Å². The summed E-state index contributed by atoms with van der Waals surface area (Å²) in [4.78, 5) is 14.8. The van der Waals surface area contributed by atoms with E-state index >= 15 is 0 Å². The van der Waals surface area contributed by atoms with Crippen molar-refractivity contribution in [1.82, 2.24) is 0 Å². The van der Waals surface area contributed by atoms with E-state index in [4.69, 9.17) is 4.74 Å². The Morgan fingerprint density at radius 2 is 1.61 bits per heavy atom. The quantitative estimate of drug-likeness (QED) is 0.336. The first-order chi connectivity index (χ1) is 13.8. The summed E-state index contributed by atoms with van der Waals surface area (Å²) >= 11 is 3.48. The maximum absolute atomic E-state index is 12.5. The van der Waals surface area contributed by atoms with Crippen molar-refractivity contribution in [3.63, 3.8) is 0 Å². The number of carbonyl (C=O) groups excluding carboxylic acids is 1. The van der Waals surface area contributed by atoms with Gasteiger partial charge >= 0.3 is 0 Å². The third kappa shape index (κ3) is 6.08. The molecule has 0 bridgehead atoms. The van der Waals surface area contributed by atoms with Gasteiger partial charge in [-0.05, 0) is 54.3 Å². The Morgan fingerprint density at radius 1 is 0.893 bits per heavy atom. The van der Waals surface area contributed by atoms with Gasteiger partial charge in [0.2, 0.25) is 0 Å². The molecule has 0 radical (unpaired) electrons. The summed E-state index contributed by atoms with van der Waals surface area (Å²) in [5, 5.41) is 3.00. The smallest absolute Gasteiger partial charge is 0.255 e. The lowest BCUT2D eigenvalue weighted by Gasteiger charge is -2.11. The summed E-state index contributed by atoms with van der Waals surface area (Å²) in [5.41, 5.74) is 1.46. The lowest BCUT2D eigenvalue weighted by Crippen LogP contribution is -2.12. The highest BCUT2D eigenvalue weighted by molar-refractivity contribution is 7.99. The van der Waals surface area contributed by atoms with E-state index < -0.39 is 0 Å². The largest absolute Gasteiger partial charge is 0.493 e. The van der Waals surface area contributed by atoms with Gasteiger partial charge in [0.15, 0.2) is 0 Å². The first-order valence-electron chi connectivity index (χ1n) is 9.20. The van der Waals surface area contributed by atoms with Crippen molar-refractivity contribution < 1.29 is 9.53 Å². The molecular weight excluding hydrogens is 386 g/mol. The average Bonchev–Trinajstić information content (AvgIpc) is 2.74. The van der Waals surface area contributed by atoms with Gasteiger partial charge < -0.3 is 10.1 Å². The first-order valence-corrected chi connectivity index (χ1v) is 11.2. The van der Waals surface area contributed by atoms with E-state index in [1.807, 2.05) is 54.6 Å². The van der Waals surface area contributed by atoms with Crippen LogP contribution in [0.3, 0.4) is 0 Å². The topological polar surface area (TPSA) is 38.3 Å². The Kier molecular flexibility index (Phi) is 7.88. The second kappa shape index (κ2) is 10.8. The highest BCUT2D eigenvalue weighted by atomic mass is 32.2. The summed E-state index contributed by atoms with van der Waals surface area (Å²) in [5.74, 6) is 2.49. The fraction of sp³-hybridized carbons (Fsp3) is 0.174. The number of rotatable bonds is 9. The van der Waals surface area contributed by atoms with Crippen molar-refractivity contribution in [3.8, 4) is 5.75 Å². The normalized spacial score (nSPS) is 10.5. The zero-order chi connectivity index (χ0) is 19.6. The maximum atomic E-state index is 12.5. The molecule has 0 atom stereocenters. The van der Waals surface area contributed by atoms with Gasteiger partial charge in [-0.2, -0.15) is 0 Å². The summed E-state index contributed by atoms with van der Waals surface area (Å²) in [6.07, 6.45) is 0. The van der Waals surface area contributed by atoms with Crippen molar-refractivity contribution in [3.05, 3.63) is 84.4 Å². The predicted octanol–water partition coefficient (Wildman–Crippen LogP) is 6.22. The summed E-state index contributed by atoms with van der Waals surface area (Å²) < 4.78 is 5.78. The van der Waals surface area contributed by atoms with E-state index in [1.165, 1.54) is 4.90 Å². The minimum Gasteiger partial charge on any atom is -0.493 e. The number of ether oxygens (including phenoxy) is 1. The van der Waals surface area contributed by atoms with E-state index in [2.05, 4.69) is 24.4 Å². The highest BCUT2D eigenvalue weighted by Crippen LogP contribution is 2.27. The molecule has 0 saturated heterocycles. The molecule has 0 fully saturated rings. The average molecular weight is 410 g/mol. The van der Waals surface area contributed by atoms with E-state index in [1.54, 1.807) is 35.7 Å². The summed E-state index contributed by atoms with van der Waals surface area (Å²) in [7, 11) is 0. The zero-order valence-corrected chi connectivity index (χ0v) is 17.4. The Morgan fingerprint density at radius 3 is 2.36 bits per heavy atom. The second-order valence-corrected chi connectivity index (χ2v) is 8.39. The third-order valence-electron chi connectivity index (χ3n) is 3.92. The molecule has 3 rings (SSSR count). The monoisotopic (exact) mass is 409 g/mol. The lowest BCUT2D eigenvalue weighted by atomic mass is 10.2. The van der Waals surface area contributed by atoms with Crippen LogP contribution < -0.4 is 10.1 Å². The summed E-state index contributed by atoms with van der Waals surface area (Å²) in [6.45, 7) is 2.72. The van der Waals surface area contributed by atoms with Gasteiger partial charge in [-0.1, -0.05) is 37.3 Å². The molecule has 3 aromatic carbocycles. The van der Waals surface area contributed by atoms with Crippen molar-refractivity contribution >= 4 is 35.1 Å². The second-order valence-electron chi connectivity index (χ2n) is 5.92. The van der Waals surface area contributed by atoms with Crippen LogP contribution in [0, 0.1) is 0 Å². The molecule has 0 aliphatic heterocycles. The minimum absolute atomic E-state index is 0.115. The van der Waals surface area contributed by atoms with E-state index in [0.29, 0.717) is 12.2 Å². The van der Waals surface area contributed by atoms with Crippen molar-refractivity contribution in [1.29, 1.82) is 0 Å². The highest BCUT2D eigenvalue weighted by Gasteiger charge is 2.09. The van der Waals surface area contributed by atoms with Gasteiger partial charge in [-0.25, -0.2) is 0 Å². The number of nitrogens with one attached hydrogen (secondary N) is 1. The van der Waals surface area contributed by atoms with Gasteiger partial charge in [-0.15, -0.1) is 23.5 Å². The van der Waals surface area contributed by atoms with Gasteiger partial charge in [0.05, 0.1) is 12.3 Å². The third-order valence-corrected chi connectivity index (χ3v) is 5.85. The van der Waals surface area contributed by atoms with Crippen molar-refractivity contribution in [2.24, 2.45) is 0 Å². The Bertz CT molecular complexity index is 883. The standard InChI is InChI=1S/C23H23NO2S2/c1-2-27-22-11-7-6-10-21(22)24-23(25)18-12-14-19(15-13-18)26-16-17-28-20-8-4-3-5-9-20/h3-15H,2,16-17H2,1H3,(H,24,25). The van der Waals surface area contributed by atoms with Crippen LogP contribution in [0.25, 0.3) is 0 Å². The van der Waals surface area contributed by atoms with Crippen molar-refractivity contribution in [2.75, 3.05) is 23.4 Å². The molecule has 0 saturated carbocycles. The Labute approximate surface area is 174 Å². The number of hydrogen-bond donors (Lipinski definition) is 1. The van der Waals surface area contributed by atoms with Gasteiger partial charge in [0.1, 0.15) is 5.75 Å². The SMILES string of the molecule is CCSc1ccccc1NC(=O)c1ccc(OCCSc2ccccc2)cc1. The maximum Gasteiger partial charge on any atom is 0.255 e. The number of thioether (sulfide) groups is 2. The minimum atomic E-state index is -0.115. The molecule has 1 amide bonds. The lowest BCUT2D eigenvalue weighted by molar-refractivity contribution is 0.102. The number of amides is 1. The Hall–Kier alpha value is -2.37. The van der Waals surface area contributed by atoms with Crippen LogP contribution in [-0.4, -0.2) is 24.0 Å². The number of carbonyl (C=O) groups is 1. The molecule has 5 heteroatoms. The number of benzene rings is 3. The summed E-state index contributed by atoms with van der Waals surface area (Å²) in [6, 6.07) is 25.4. The molecule has 0 heterocycles. The van der Waals surface area contributed by atoms with Gasteiger partial charge in [-0.3, -0.25) is 4.79 Å². The molecule has 28 heavy (non-hydrogen) atoms. The fourth-order valence-electron chi connectivity index (χ4n) is 2.58. The number of hydrogen-bond acceptors (Lipinski definition) is 4. The molecule has 3 aromatic rings. The van der Waals surface area contributed by atoms with Crippen LogP contribution in [0.4, 0.5) is 5.69 Å². The molecule has 1 N–H and O–H groups in total. The van der Waals surface area contributed by atoms with E-state index in [-0.39, 0.29) is 5.91 Å². The molecule has 0 spiro atoms. The fourth-order valence-corrected chi connectivity index (χ4v) is 4.10. The van der Waals surface area contributed by atoms with Crippen molar-refractivity contribution in [2.45, 2.75) is 16.7 Å². The van der Waals surface area contributed by atoms with E-state index in [9.17, 15) is 4.79 Å². The number of anilines is 1. The first kappa shape index (κ1) is 20.4. The van der Waals surface area contributed by atoms with Gasteiger partial charge in [0.25, 0.3) is 5.91 Å². The van der Waals surface area contributed by atoms with E-state index in [0.717, 1.165) is 27.8 Å². The zero-order valence-electron chi connectivity index (χ0n) is 15.8. The molecule has 0 aromatic heterocycles. The molecular formula is C23H23NO2S2. The predicted molar refractivity (Wildman–Crippen MR) is 120 cm³/mol. The Balaban J connectivity index is 1.50. The molecule has 144 valence electrons. The molecule has 3 nitrogen and oxygen atoms in total. The van der Waals surface area contributed by atoms with Crippen LogP contribution in [0.2, 0.25) is 0 Å². The van der Waals surface area contributed by atoms with Crippen LogP contribution in [0.1, 0.15) is 17.3 Å². The van der Waals surface area contributed by atoms with Crippen LogP contribution >= 0.6 is 23.5 Å². The molecule has 0 aliphatic carbocycles.